The molecule has 0 N–H and O–H groups in total. The largest absolute Gasteiger partial charge is 0.457 e. The summed E-state index contributed by atoms with van der Waals surface area (Å²) in [5.74, 6) is -0.219. The molecule has 1 aliphatic rings. The molecule has 3 nitrogen and oxygen atoms in total. The predicted octanol–water partition coefficient (Wildman–Crippen LogP) is 0.529. The Hall–Kier alpha value is -0.860. The molecule has 1 saturated carbocycles. The van der Waals surface area contributed by atoms with E-state index in [9.17, 15) is 9.59 Å². The number of Topliss-reactive ketones (excluding diaryl/α,β-unsaturated/α-hetero) is 1. The van der Waals surface area contributed by atoms with Crippen molar-refractivity contribution in [3.63, 3.8) is 0 Å². The number of ether oxygens (including phenoxy) is 1. The van der Waals surface area contributed by atoms with Gasteiger partial charge in [0.15, 0.2) is 5.78 Å². The molecule has 0 aromatic rings. The molecule has 0 radical (unpaired) electrons. The molecular weight excluding hydrogens is 132 g/mol. The van der Waals surface area contributed by atoms with Crippen LogP contribution in [0.5, 0.6) is 0 Å². The summed E-state index contributed by atoms with van der Waals surface area (Å²) in [6, 6.07) is 0. The second kappa shape index (κ2) is 2.82. The summed E-state index contributed by atoms with van der Waals surface area (Å²) in [7, 11) is 0. The zero-order chi connectivity index (χ0) is 7.56. The minimum absolute atomic E-state index is 0.0602. The van der Waals surface area contributed by atoms with Crippen LogP contribution in [0.1, 0.15) is 19.8 Å². The topological polar surface area (TPSA) is 43.4 Å². The first-order chi connectivity index (χ1) is 4.70. The fourth-order valence-corrected chi connectivity index (χ4v) is 0.610. The summed E-state index contributed by atoms with van der Waals surface area (Å²) < 4.78 is 4.64. The van der Waals surface area contributed by atoms with Crippen molar-refractivity contribution in [3.8, 4) is 0 Å². The van der Waals surface area contributed by atoms with Crippen LogP contribution in [0.4, 0.5) is 0 Å². The number of carbonyl (C=O) groups excluding carboxylic acids is 2. The molecule has 56 valence electrons. The highest BCUT2D eigenvalue weighted by atomic mass is 16.5. The van der Waals surface area contributed by atoms with Crippen LogP contribution in [-0.2, 0) is 14.3 Å². The first-order valence-electron chi connectivity index (χ1n) is 3.36. The third kappa shape index (κ3) is 2.17. The van der Waals surface area contributed by atoms with Gasteiger partial charge in [-0.15, -0.1) is 0 Å². The van der Waals surface area contributed by atoms with Crippen molar-refractivity contribution in [1.29, 1.82) is 0 Å². The molecule has 10 heavy (non-hydrogen) atoms. The fourth-order valence-electron chi connectivity index (χ4n) is 0.610. The molecule has 0 aromatic heterocycles. The van der Waals surface area contributed by atoms with Crippen LogP contribution in [-0.4, -0.2) is 18.4 Å². The lowest BCUT2D eigenvalue weighted by Gasteiger charge is -1.98. The van der Waals surface area contributed by atoms with E-state index >= 15 is 0 Å². The van der Waals surface area contributed by atoms with E-state index < -0.39 is 0 Å². The van der Waals surface area contributed by atoms with Gasteiger partial charge in [-0.05, 0) is 19.8 Å². The van der Waals surface area contributed by atoms with Gasteiger partial charge >= 0.3 is 5.97 Å². The fraction of sp³-hybridized carbons (Fsp3) is 0.714. The Morgan fingerprint density at radius 2 is 2.10 bits per heavy atom. The molecule has 0 saturated heterocycles. The third-order valence-corrected chi connectivity index (χ3v) is 1.33. The normalized spacial score (nSPS) is 16.5. The second-order valence-electron chi connectivity index (χ2n) is 2.58. The molecule has 0 atom stereocenters. The lowest BCUT2D eigenvalue weighted by molar-refractivity contribution is -0.148. The minimum atomic E-state index is -0.213. The van der Waals surface area contributed by atoms with Gasteiger partial charge in [0.05, 0.1) is 5.92 Å². The number of hydrogen-bond acceptors (Lipinski definition) is 3. The molecule has 0 aliphatic heterocycles. The molecule has 3 heteroatoms. The molecule has 1 aliphatic carbocycles. The van der Waals surface area contributed by atoms with Crippen LogP contribution in [0, 0.1) is 5.92 Å². The highest BCUT2D eigenvalue weighted by molar-refractivity contribution is 5.81. The summed E-state index contributed by atoms with van der Waals surface area (Å²) in [5, 5.41) is 0. The summed E-state index contributed by atoms with van der Waals surface area (Å²) in [6.07, 6.45) is 1.85. The predicted molar refractivity (Wildman–Crippen MR) is 34.4 cm³/mol. The van der Waals surface area contributed by atoms with Crippen LogP contribution in [0.2, 0.25) is 0 Å². The molecule has 1 fully saturated rings. The van der Waals surface area contributed by atoms with E-state index in [2.05, 4.69) is 4.74 Å². The molecule has 0 aromatic carbocycles. The van der Waals surface area contributed by atoms with Crippen molar-refractivity contribution in [2.45, 2.75) is 19.8 Å². The van der Waals surface area contributed by atoms with E-state index in [0.717, 1.165) is 12.8 Å². The average Bonchev–Trinajstić information content (AvgIpc) is 2.63. The molecule has 1 rings (SSSR count). The van der Waals surface area contributed by atoms with Crippen molar-refractivity contribution >= 4 is 11.8 Å². The first-order valence-corrected chi connectivity index (χ1v) is 3.36. The molecule has 0 bridgehead atoms. The quantitative estimate of drug-likeness (QED) is 0.540. The zero-order valence-electron chi connectivity index (χ0n) is 5.92. The zero-order valence-corrected chi connectivity index (χ0v) is 5.92. The molecule has 0 unspecified atom stereocenters. The van der Waals surface area contributed by atoms with Crippen molar-refractivity contribution < 1.29 is 14.3 Å². The van der Waals surface area contributed by atoms with Gasteiger partial charge in [-0.1, -0.05) is 0 Å². The van der Waals surface area contributed by atoms with Crippen LogP contribution >= 0.6 is 0 Å². The molecule has 0 amide bonds. The smallest absolute Gasteiger partial charge is 0.309 e. The Bertz CT molecular complexity index is 158. The first kappa shape index (κ1) is 7.25. The highest BCUT2D eigenvalue weighted by Crippen LogP contribution is 2.29. The Labute approximate surface area is 59.4 Å². The van der Waals surface area contributed by atoms with E-state index in [0.29, 0.717) is 0 Å². The monoisotopic (exact) mass is 142 g/mol. The number of hydrogen-bond donors (Lipinski definition) is 0. The van der Waals surface area contributed by atoms with Gasteiger partial charge in [0.1, 0.15) is 6.61 Å². The number of carbonyl (C=O) groups is 2. The highest BCUT2D eigenvalue weighted by Gasteiger charge is 2.31. The van der Waals surface area contributed by atoms with Gasteiger partial charge in [0.25, 0.3) is 0 Å². The standard InChI is InChI=1S/C7H10O3/c1-5(8)4-10-7(9)6-2-3-6/h6H,2-4H2,1H3. The number of ketones is 1. The maximum atomic E-state index is 10.7. The van der Waals surface area contributed by atoms with Gasteiger partial charge < -0.3 is 4.74 Å². The summed E-state index contributed by atoms with van der Waals surface area (Å²) in [4.78, 5) is 21.0. The molecular formula is C7H10O3. The Kier molecular flexibility index (Phi) is 2.04. The molecule has 0 heterocycles. The maximum absolute atomic E-state index is 10.7. The van der Waals surface area contributed by atoms with Crippen molar-refractivity contribution in [3.05, 3.63) is 0 Å². The number of rotatable bonds is 3. The summed E-state index contributed by atoms with van der Waals surface area (Å²) in [6.45, 7) is 1.34. The van der Waals surface area contributed by atoms with Crippen molar-refractivity contribution in [2.75, 3.05) is 6.61 Å². The van der Waals surface area contributed by atoms with Crippen molar-refractivity contribution in [2.24, 2.45) is 5.92 Å². The van der Waals surface area contributed by atoms with E-state index in [-0.39, 0.29) is 24.3 Å². The van der Waals surface area contributed by atoms with Gasteiger partial charge in [-0.2, -0.15) is 0 Å². The number of esters is 1. The van der Waals surface area contributed by atoms with Gasteiger partial charge in [-0.3, -0.25) is 9.59 Å². The lowest BCUT2D eigenvalue weighted by Crippen LogP contribution is -2.12. The van der Waals surface area contributed by atoms with E-state index in [1.54, 1.807) is 0 Å². The minimum Gasteiger partial charge on any atom is -0.457 e. The Balaban J connectivity index is 2.12. The van der Waals surface area contributed by atoms with E-state index in [4.69, 9.17) is 0 Å². The van der Waals surface area contributed by atoms with Gasteiger partial charge in [0.2, 0.25) is 0 Å². The third-order valence-electron chi connectivity index (χ3n) is 1.33. The maximum Gasteiger partial charge on any atom is 0.309 e. The van der Waals surface area contributed by atoms with E-state index in [1.165, 1.54) is 6.92 Å². The van der Waals surface area contributed by atoms with Crippen LogP contribution in [0.25, 0.3) is 0 Å². The van der Waals surface area contributed by atoms with Gasteiger partial charge in [-0.25, -0.2) is 0 Å². The Morgan fingerprint density at radius 3 is 2.50 bits per heavy atom. The second-order valence-corrected chi connectivity index (χ2v) is 2.58. The lowest BCUT2D eigenvalue weighted by atomic mass is 10.4. The summed E-state index contributed by atoms with van der Waals surface area (Å²) >= 11 is 0. The SMILES string of the molecule is CC(=O)COC(=O)C1CC1. The van der Waals surface area contributed by atoms with Gasteiger partial charge in [0, 0.05) is 0 Å². The average molecular weight is 142 g/mol. The van der Waals surface area contributed by atoms with Crippen LogP contribution in [0.3, 0.4) is 0 Å². The molecule has 0 spiro atoms. The summed E-state index contributed by atoms with van der Waals surface area (Å²) in [5.41, 5.74) is 0. The van der Waals surface area contributed by atoms with E-state index in [1.807, 2.05) is 0 Å². The Morgan fingerprint density at radius 1 is 1.50 bits per heavy atom. The van der Waals surface area contributed by atoms with Crippen LogP contribution < -0.4 is 0 Å². The van der Waals surface area contributed by atoms with Crippen LogP contribution in [0.15, 0.2) is 0 Å². The van der Waals surface area contributed by atoms with Crippen molar-refractivity contribution in [1.82, 2.24) is 0 Å².